The van der Waals surface area contributed by atoms with Crippen LogP contribution in [0.2, 0.25) is 0 Å². The maximum atomic E-state index is 5.47. The first-order chi connectivity index (χ1) is 11.8. The molecule has 0 amide bonds. The van der Waals surface area contributed by atoms with E-state index in [2.05, 4.69) is 32.4 Å². The van der Waals surface area contributed by atoms with Crippen LogP contribution in [-0.2, 0) is 6.42 Å². The van der Waals surface area contributed by atoms with Crippen LogP contribution in [0.15, 0.2) is 48.8 Å². The fourth-order valence-electron chi connectivity index (χ4n) is 2.45. The molecule has 7 heteroatoms. The largest absolute Gasteiger partial charge is 0.494 e. The van der Waals surface area contributed by atoms with Gasteiger partial charge in [-0.25, -0.2) is 0 Å². The van der Waals surface area contributed by atoms with Gasteiger partial charge in [0.15, 0.2) is 5.82 Å². The fourth-order valence-corrected chi connectivity index (χ4v) is 3.32. The average Bonchev–Trinajstić information content (AvgIpc) is 3.18. The van der Waals surface area contributed by atoms with Crippen molar-refractivity contribution in [3.63, 3.8) is 0 Å². The zero-order chi connectivity index (χ0) is 16.4. The molecule has 6 nitrogen and oxygen atoms in total. The Bertz CT molecular complexity index is 946. The summed E-state index contributed by atoms with van der Waals surface area (Å²) >= 11 is 1.55. The molecule has 4 rings (SSSR count). The van der Waals surface area contributed by atoms with Gasteiger partial charge >= 0.3 is 0 Å². The summed E-state index contributed by atoms with van der Waals surface area (Å²) < 4.78 is 7.25. The monoisotopic (exact) mass is 337 g/mol. The van der Waals surface area contributed by atoms with E-state index in [9.17, 15) is 0 Å². The highest BCUT2D eigenvalue weighted by Gasteiger charge is 2.13. The molecule has 120 valence electrons. The number of aromatic nitrogens is 5. The van der Waals surface area contributed by atoms with E-state index in [1.807, 2.05) is 31.2 Å². The van der Waals surface area contributed by atoms with Gasteiger partial charge in [-0.3, -0.25) is 4.98 Å². The number of pyridine rings is 1. The van der Waals surface area contributed by atoms with Gasteiger partial charge in [-0.15, -0.1) is 10.2 Å². The van der Waals surface area contributed by atoms with Crippen molar-refractivity contribution in [3.05, 3.63) is 59.4 Å². The van der Waals surface area contributed by atoms with E-state index >= 15 is 0 Å². The number of fused-ring (bicyclic) bond motifs is 1. The molecular formula is C17H15N5OS. The summed E-state index contributed by atoms with van der Waals surface area (Å²) in [5, 5.41) is 14.1. The van der Waals surface area contributed by atoms with E-state index in [0.717, 1.165) is 27.7 Å². The van der Waals surface area contributed by atoms with Crippen LogP contribution in [0, 0.1) is 0 Å². The molecule has 0 spiro atoms. The molecule has 0 aliphatic heterocycles. The van der Waals surface area contributed by atoms with Crippen LogP contribution in [0.3, 0.4) is 0 Å². The topological polar surface area (TPSA) is 65.2 Å². The number of benzene rings is 1. The normalized spacial score (nSPS) is 11.0. The number of ether oxygens (including phenoxy) is 1. The van der Waals surface area contributed by atoms with Crippen molar-refractivity contribution in [2.24, 2.45) is 0 Å². The van der Waals surface area contributed by atoms with E-state index < -0.39 is 0 Å². The van der Waals surface area contributed by atoms with Crippen molar-refractivity contribution in [1.82, 2.24) is 24.8 Å². The summed E-state index contributed by atoms with van der Waals surface area (Å²) in [7, 11) is 0. The van der Waals surface area contributed by atoms with Gasteiger partial charge in [0.1, 0.15) is 10.8 Å². The maximum absolute atomic E-state index is 5.47. The summed E-state index contributed by atoms with van der Waals surface area (Å²) in [6.07, 6.45) is 4.26. The Hall–Kier alpha value is -2.80. The van der Waals surface area contributed by atoms with E-state index in [1.165, 1.54) is 5.56 Å². The molecule has 0 radical (unpaired) electrons. The molecule has 0 saturated carbocycles. The SMILES string of the molecule is CCOc1ccc(Cc2nn3c(-c4cccnc4)nnc3s2)cc1. The molecule has 1 aromatic carbocycles. The van der Waals surface area contributed by atoms with E-state index in [0.29, 0.717) is 12.4 Å². The van der Waals surface area contributed by atoms with Crippen LogP contribution >= 0.6 is 11.3 Å². The minimum Gasteiger partial charge on any atom is -0.494 e. The summed E-state index contributed by atoms with van der Waals surface area (Å²) in [5.41, 5.74) is 2.09. The number of rotatable bonds is 5. The van der Waals surface area contributed by atoms with Gasteiger partial charge in [-0.05, 0) is 36.8 Å². The molecule has 0 unspecified atom stereocenters. The van der Waals surface area contributed by atoms with Crippen LogP contribution in [0.1, 0.15) is 17.5 Å². The highest BCUT2D eigenvalue weighted by molar-refractivity contribution is 7.16. The van der Waals surface area contributed by atoms with Gasteiger partial charge in [0, 0.05) is 24.4 Å². The molecule has 0 aliphatic rings. The Morgan fingerprint density at radius 1 is 1.12 bits per heavy atom. The van der Waals surface area contributed by atoms with Crippen molar-refractivity contribution in [3.8, 4) is 17.1 Å². The van der Waals surface area contributed by atoms with Gasteiger partial charge < -0.3 is 4.74 Å². The summed E-state index contributed by atoms with van der Waals surface area (Å²) in [5.74, 6) is 1.60. The molecule has 4 aromatic rings. The van der Waals surface area contributed by atoms with Gasteiger partial charge in [-0.1, -0.05) is 23.5 Å². The smallest absolute Gasteiger partial charge is 0.234 e. The minimum atomic E-state index is 0.674. The molecule has 0 N–H and O–H groups in total. The first-order valence-corrected chi connectivity index (χ1v) is 8.48. The van der Waals surface area contributed by atoms with Gasteiger partial charge in [-0.2, -0.15) is 9.61 Å². The van der Waals surface area contributed by atoms with Gasteiger partial charge in [0.2, 0.25) is 4.96 Å². The molecule has 24 heavy (non-hydrogen) atoms. The highest BCUT2D eigenvalue weighted by atomic mass is 32.1. The van der Waals surface area contributed by atoms with Crippen molar-refractivity contribution in [2.45, 2.75) is 13.3 Å². The van der Waals surface area contributed by atoms with Crippen LogP contribution in [0.25, 0.3) is 16.3 Å². The molecule has 0 aliphatic carbocycles. The Labute approximate surface area is 142 Å². The first-order valence-electron chi connectivity index (χ1n) is 7.67. The van der Waals surface area contributed by atoms with Crippen molar-refractivity contribution >= 4 is 16.3 Å². The Balaban J connectivity index is 1.60. The fraction of sp³-hybridized carbons (Fsp3) is 0.176. The number of hydrogen-bond acceptors (Lipinski definition) is 6. The summed E-state index contributed by atoms with van der Waals surface area (Å²) in [6, 6.07) is 11.9. The zero-order valence-corrected chi connectivity index (χ0v) is 13.9. The zero-order valence-electron chi connectivity index (χ0n) is 13.1. The second kappa shape index (κ2) is 6.37. The lowest BCUT2D eigenvalue weighted by Gasteiger charge is -2.03. The van der Waals surface area contributed by atoms with E-state index in [1.54, 1.807) is 28.2 Å². The first kappa shape index (κ1) is 14.8. The van der Waals surface area contributed by atoms with Gasteiger partial charge in [0.25, 0.3) is 0 Å². The summed E-state index contributed by atoms with van der Waals surface area (Å²) in [4.78, 5) is 4.91. The molecule has 0 fully saturated rings. The minimum absolute atomic E-state index is 0.674. The lowest BCUT2D eigenvalue weighted by atomic mass is 10.1. The lowest BCUT2D eigenvalue weighted by molar-refractivity contribution is 0.340. The highest BCUT2D eigenvalue weighted by Crippen LogP contribution is 2.23. The predicted octanol–water partition coefficient (Wildman–Crippen LogP) is 3.24. The van der Waals surface area contributed by atoms with Crippen molar-refractivity contribution < 1.29 is 4.74 Å². The molecule has 3 aromatic heterocycles. The number of hydrogen-bond donors (Lipinski definition) is 0. The Morgan fingerprint density at radius 3 is 2.75 bits per heavy atom. The average molecular weight is 337 g/mol. The third-order valence-corrected chi connectivity index (χ3v) is 4.44. The maximum Gasteiger partial charge on any atom is 0.234 e. The third-order valence-electron chi connectivity index (χ3n) is 3.54. The lowest BCUT2D eigenvalue weighted by Crippen LogP contribution is -1.94. The van der Waals surface area contributed by atoms with Crippen LogP contribution < -0.4 is 4.74 Å². The van der Waals surface area contributed by atoms with Crippen molar-refractivity contribution in [2.75, 3.05) is 6.61 Å². The second-order valence-electron chi connectivity index (χ2n) is 5.21. The van der Waals surface area contributed by atoms with Crippen LogP contribution in [0.5, 0.6) is 5.75 Å². The van der Waals surface area contributed by atoms with Gasteiger partial charge in [0.05, 0.1) is 6.61 Å². The number of nitrogens with zero attached hydrogens (tertiary/aromatic N) is 5. The molecule has 0 atom stereocenters. The molecule has 0 saturated heterocycles. The Morgan fingerprint density at radius 2 is 2.00 bits per heavy atom. The third kappa shape index (κ3) is 2.85. The molecule has 3 heterocycles. The summed E-state index contributed by atoms with van der Waals surface area (Å²) in [6.45, 7) is 2.65. The molecular weight excluding hydrogens is 322 g/mol. The Kier molecular flexibility index (Phi) is 3.92. The van der Waals surface area contributed by atoms with Crippen LogP contribution in [0.4, 0.5) is 0 Å². The molecule has 0 bridgehead atoms. The predicted molar refractivity (Wildman–Crippen MR) is 92.3 cm³/mol. The second-order valence-corrected chi connectivity index (χ2v) is 6.25. The van der Waals surface area contributed by atoms with E-state index in [4.69, 9.17) is 4.74 Å². The quantitative estimate of drug-likeness (QED) is 0.559. The van der Waals surface area contributed by atoms with E-state index in [-0.39, 0.29) is 0 Å². The van der Waals surface area contributed by atoms with Crippen molar-refractivity contribution in [1.29, 1.82) is 0 Å². The standard InChI is InChI=1S/C17H15N5OS/c1-2-23-14-7-5-12(6-8-14)10-15-21-22-16(19-20-17(22)24-15)13-4-3-9-18-11-13/h3-9,11H,2,10H2,1H3. The van der Waals surface area contributed by atoms with Crippen LogP contribution in [-0.4, -0.2) is 31.4 Å².